The zero-order chi connectivity index (χ0) is 19.0. The molecule has 144 valence electrons. The first-order chi connectivity index (χ1) is 12.6. The molecule has 2 heterocycles. The number of carbonyl (C=O) groups is 2. The summed E-state index contributed by atoms with van der Waals surface area (Å²) in [7, 11) is 0. The highest BCUT2D eigenvalue weighted by atomic mass is 19.1. The second kappa shape index (κ2) is 4.23. The van der Waals surface area contributed by atoms with Crippen molar-refractivity contribution in [3.8, 4) is 0 Å². The summed E-state index contributed by atoms with van der Waals surface area (Å²) in [6.45, 7) is 4.00. The summed E-state index contributed by atoms with van der Waals surface area (Å²) in [5, 5.41) is 11.2. The fourth-order valence-corrected chi connectivity index (χ4v) is 7.72. The molecule has 6 heteroatoms. The van der Waals surface area contributed by atoms with E-state index in [-0.39, 0.29) is 36.6 Å². The number of aliphatic hydroxyl groups is 1. The third-order valence-corrected chi connectivity index (χ3v) is 9.06. The third kappa shape index (κ3) is 1.38. The van der Waals surface area contributed by atoms with Gasteiger partial charge in [-0.25, -0.2) is 9.18 Å². The Labute approximate surface area is 156 Å². The smallest absolute Gasteiger partial charge is 0.342 e. The number of hydrogen-bond donors (Lipinski definition) is 1. The van der Waals surface area contributed by atoms with E-state index in [1.165, 1.54) is 12.2 Å². The fraction of sp³-hybridized carbons (Fsp3) is 0.714. The monoisotopic (exact) mass is 374 g/mol. The molecule has 4 aliphatic carbocycles. The molecule has 8 atom stereocenters. The normalized spacial score (nSPS) is 59.9. The lowest BCUT2D eigenvalue weighted by molar-refractivity contribution is -0.215. The van der Waals surface area contributed by atoms with Crippen molar-refractivity contribution in [2.45, 2.75) is 62.5 Å². The van der Waals surface area contributed by atoms with Crippen LogP contribution in [0.1, 0.15) is 39.5 Å². The minimum absolute atomic E-state index is 0.0584. The molecule has 0 aromatic heterocycles. The Balaban J connectivity index is 1.49. The molecule has 0 unspecified atom stereocenters. The first-order valence-corrected chi connectivity index (χ1v) is 9.83. The van der Waals surface area contributed by atoms with Crippen LogP contribution >= 0.6 is 0 Å². The Kier molecular flexibility index (Phi) is 2.57. The van der Waals surface area contributed by atoms with E-state index in [0.29, 0.717) is 19.3 Å². The van der Waals surface area contributed by atoms with Gasteiger partial charge in [-0.1, -0.05) is 18.6 Å². The van der Waals surface area contributed by atoms with Crippen molar-refractivity contribution in [1.29, 1.82) is 0 Å². The van der Waals surface area contributed by atoms with E-state index < -0.39 is 33.8 Å². The summed E-state index contributed by atoms with van der Waals surface area (Å²) < 4.78 is 28.1. The zero-order valence-corrected chi connectivity index (χ0v) is 15.5. The topological polar surface area (TPSA) is 76.1 Å². The Hall–Kier alpha value is -1.53. The number of fused-ring (bicyclic) bond motifs is 5. The number of aliphatic hydroxyl groups excluding tert-OH is 1. The third-order valence-electron chi connectivity index (χ3n) is 9.06. The van der Waals surface area contributed by atoms with Crippen molar-refractivity contribution < 1.29 is 28.6 Å². The molecular weight excluding hydrogens is 351 g/mol. The fourth-order valence-electron chi connectivity index (χ4n) is 7.72. The number of esters is 1. The molecule has 6 aliphatic rings. The highest BCUT2D eigenvalue weighted by Gasteiger charge is 2.93. The van der Waals surface area contributed by atoms with Crippen LogP contribution < -0.4 is 0 Å². The first-order valence-electron chi connectivity index (χ1n) is 9.83. The molecule has 1 N–H and O–H groups in total. The predicted molar refractivity (Wildman–Crippen MR) is 91.2 cm³/mol. The predicted octanol–water partition coefficient (Wildman–Crippen LogP) is 2.03. The average Bonchev–Trinajstić information content (AvgIpc) is 3.15. The lowest BCUT2D eigenvalue weighted by Gasteiger charge is -2.62. The van der Waals surface area contributed by atoms with Gasteiger partial charge in [-0.15, -0.1) is 0 Å². The SMILES string of the molecule is C[C@]12C=CC(=O)C=C1CC[C@H]1[C@@H]3C[C@]45COC(=O)[C@]4(O5)[C@@]3(C)C[C@H](O)[C@@]12F. The van der Waals surface area contributed by atoms with Gasteiger partial charge in [0.1, 0.15) is 12.2 Å². The highest BCUT2D eigenvalue weighted by Crippen LogP contribution is 2.80. The quantitative estimate of drug-likeness (QED) is 0.519. The molecule has 0 spiro atoms. The molecular formula is C21H23FO5. The second-order valence-corrected chi connectivity index (χ2v) is 9.82. The standard InChI is InChI=1S/C21H23FO5/c1-17-6-5-12(23)7-11(17)3-4-13-14-8-19-10-26-16(25)21(19,27-19)18(14,2)9-15(24)20(13,17)22/h5-7,13-15,24H,3-4,8-10H2,1-2H3/t13-,14-,15-,17-,18-,19-,20-,21-/m0/s1. The lowest BCUT2D eigenvalue weighted by atomic mass is 9.45. The van der Waals surface area contributed by atoms with Crippen molar-refractivity contribution in [3.05, 3.63) is 23.8 Å². The number of halogens is 1. The van der Waals surface area contributed by atoms with Gasteiger partial charge in [0, 0.05) is 16.7 Å². The number of epoxide rings is 1. The zero-order valence-electron chi connectivity index (χ0n) is 15.5. The number of ether oxygens (including phenoxy) is 2. The Morgan fingerprint density at radius 2 is 2.00 bits per heavy atom. The van der Waals surface area contributed by atoms with Gasteiger partial charge in [0.25, 0.3) is 0 Å². The number of ketones is 1. The molecule has 0 aromatic carbocycles. The molecule has 3 saturated carbocycles. The molecule has 6 rings (SSSR count). The van der Waals surface area contributed by atoms with Crippen LogP contribution in [0.2, 0.25) is 0 Å². The van der Waals surface area contributed by atoms with Gasteiger partial charge in [0.2, 0.25) is 5.60 Å². The van der Waals surface area contributed by atoms with Crippen molar-refractivity contribution in [2.24, 2.45) is 22.7 Å². The van der Waals surface area contributed by atoms with E-state index >= 15 is 4.39 Å². The highest BCUT2D eigenvalue weighted by molar-refractivity contribution is 6.01. The molecule has 5 nitrogen and oxygen atoms in total. The van der Waals surface area contributed by atoms with Gasteiger partial charge >= 0.3 is 5.97 Å². The van der Waals surface area contributed by atoms with Crippen LogP contribution in [0.5, 0.6) is 0 Å². The van der Waals surface area contributed by atoms with E-state index in [0.717, 1.165) is 5.57 Å². The van der Waals surface area contributed by atoms with Gasteiger partial charge in [-0.05, 0) is 50.7 Å². The number of hydrogen-bond acceptors (Lipinski definition) is 5. The number of cyclic esters (lactones) is 1. The molecule has 0 radical (unpaired) electrons. The Bertz CT molecular complexity index is 880. The van der Waals surface area contributed by atoms with Crippen LogP contribution in [-0.2, 0) is 19.1 Å². The summed E-state index contributed by atoms with van der Waals surface area (Å²) in [6, 6.07) is 0. The largest absolute Gasteiger partial charge is 0.460 e. The molecule has 2 aliphatic heterocycles. The second-order valence-electron chi connectivity index (χ2n) is 9.82. The summed E-state index contributed by atoms with van der Waals surface area (Å²) >= 11 is 0. The number of rotatable bonds is 0. The average molecular weight is 374 g/mol. The molecule has 0 bridgehead atoms. The summed E-state index contributed by atoms with van der Waals surface area (Å²) in [4.78, 5) is 24.4. The summed E-state index contributed by atoms with van der Waals surface area (Å²) in [5.41, 5.74) is -4.37. The van der Waals surface area contributed by atoms with Crippen LogP contribution in [-0.4, -0.2) is 46.4 Å². The van der Waals surface area contributed by atoms with Crippen LogP contribution in [0.4, 0.5) is 4.39 Å². The van der Waals surface area contributed by atoms with E-state index in [1.54, 1.807) is 13.0 Å². The molecule has 0 aromatic rings. The van der Waals surface area contributed by atoms with E-state index in [2.05, 4.69) is 0 Å². The maximum absolute atomic E-state index is 16.9. The van der Waals surface area contributed by atoms with Gasteiger partial charge in [0.15, 0.2) is 11.5 Å². The van der Waals surface area contributed by atoms with E-state index in [4.69, 9.17) is 9.47 Å². The number of allylic oxidation sites excluding steroid dienone is 4. The lowest BCUT2D eigenvalue weighted by Crippen LogP contribution is -2.68. The van der Waals surface area contributed by atoms with Gasteiger partial charge in [-0.3, -0.25) is 4.79 Å². The van der Waals surface area contributed by atoms with Crippen LogP contribution in [0.25, 0.3) is 0 Å². The molecule has 27 heavy (non-hydrogen) atoms. The van der Waals surface area contributed by atoms with Crippen molar-refractivity contribution in [3.63, 3.8) is 0 Å². The van der Waals surface area contributed by atoms with Crippen LogP contribution in [0.3, 0.4) is 0 Å². The van der Waals surface area contributed by atoms with Gasteiger partial charge in [-0.2, -0.15) is 0 Å². The summed E-state index contributed by atoms with van der Waals surface area (Å²) in [5.74, 6) is -0.916. The molecule has 0 amide bonds. The maximum Gasteiger partial charge on any atom is 0.342 e. The van der Waals surface area contributed by atoms with Crippen LogP contribution in [0.15, 0.2) is 23.8 Å². The van der Waals surface area contributed by atoms with E-state index in [9.17, 15) is 14.7 Å². The maximum atomic E-state index is 16.9. The molecule has 2 saturated heterocycles. The van der Waals surface area contributed by atoms with Crippen molar-refractivity contribution in [2.75, 3.05) is 6.61 Å². The number of carbonyl (C=O) groups excluding carboxylic acids is 2. The minimum atomic E-state index is -1.86. The summed E-state index contributed by atoms with van der Waals surface area (Å²) in [6.07, 6.45) is 5.33. The first kappa shape index (κ1) is 16.4. The van der Waals surface area contributed by atoms with Gasteiger partial charge < -0.3 is 14.6 Å². The Morgan fingerprint density at radius 3 is 2.78 bits per heavy atom. The number of alkyl halides is 1. The van der Waals surface area contributed by atoms with Gasteiger partial charge in [0.05, 0.1) is 6.10 Å². The minimum Gasteiger partial charge on any atom is -0.460 e. The van der Waals surface area contributed by atoms with Crippen molar-refractivity contribution >= 4 is 11.8 Å². The molecule has 5 fully saturated rings. The van der Waals surface area contributed by atoms with Crippen molar-refractivity contribution in [1.82, 2.24) is 0 Å². The van der Waals surface area contributed by atoms with Crippen LogP contribution in [0, 0.1) is 22.7 Å². The Morgan fingerprint density at radius 1 is 1.22 bits per heavy atom. The van der Waals surface area contributed by atoms with E-state index in [1.807, 2.05) is 6.92 Å².